The van der Waals surface area contributed by atoms with E-state index in [0.29, 0.717) is 5.92 Å². The standard InChI is InChI=1S/C11H17FN2/c1-7(2)11(8(3)13)10-5-4-9(12)6-14-10/h4-8,11H,13H2,1-3H3. The van der Waals surface area contributed by atoms with Gasteiger partial charge in [-0.15, -0.1) is 0 Å². The van der Waals surface area contributed by atoms with Gasteiger partial charge < -0.3 is 5.73 Å². The molecule has 1 heterocycles. The van der Waals surface area contributed by atoms with Crippen molar-refractivity contribution in [3.8, 4) is 0 Å². The highest BCUT2D eigenvalue weighted by atomic mass is 19.1. The van der Waals surface area contributed by atoms with Crippen LogP contribution in [-0.4, -0.2) is 11.0 Å². The van der Waals surface area contributed by atoms with E-state index in [1.807, 2.05) is 6.92 Å². The van der Waals surface area contributed by atoms with Crippen LogP contribution >= 0.6 is 0 Å². The molecule has 0 aromatic carbocycles. The summed E-state index contributed by atoms with van der Waals surface area (Å²) in [5, 5.41) is 0. The zero-order valence-corrected chi connectivity index (χ0v) is 8.87. The lowest BCUT2D eigenvalue weighted by atomic mass is 9.86. The lowest BCUT2D eigenvalue weighted by Crippen LogP contribution is -2.29. The molecule has 0 saturated heterocycles. The maximum Gasteiger partial charge on any atom is 0.141 e. The Kier molecular flexibility index (Phi) is 3.58. The average Bonchev–Trinajstić information content (AvgIpc) is 2.07. The molecule has 0 fully saturated rings. The minimum Gasteiger partial charge on any atom is -0.327 e. The Hall–Kier alpha value is -0.960. The number of aromatic nitrogens is 1. The van der Waals surface area contributed by atoms with E-state index in [1.54, 1.807) is 6.07 Å². The van der Waals surface area contributed by atoms with Crippen molar-refractivity contribution in [3.63, 3.8) is 0 Å². The molecular formula is C11H17FN2. The number of halogens is 1. The van der Waals surface area contributed by atoms with Crippen molar-refractivity contribution in [2.24, 2.45) is 11.7 Å². The highest BCUT2D eigenvalue weighted by molar-refractivity contribution is 5.13. The summed E-state index contributed by atoms with van der Waals surface area (Å²) >= 11 is 0. The van der Waals surface area contributed by atoms with Gasteiger partial charge in [-0.05, 0) is 25.0 Å². The molecule has 0 radical (unpaired) electrons. The van der Waals surface area contributed by atoms with Gasteiger partial charge in [0.2, 0.25) is 0 Å². The number of nitrogens with zero attached hydrogens (tertiary/aromatic N) is 1. The maximum atomic E-state index is 12.7. The molecule has 0 saturated carbocycles. The highest BCUT2D eigenvalue weighted by Gasteiger charge is 2.20. The quantitative estimate of drug-likeness (QED) is 0.805. The van der Waals surface area contributed by atoms with Crippen LogP contribution in [0.15, 0.2) is 18.3 Å². The second-order valence-corrected chi connectivity index (χ2v) is 4.03. The molecule has 78 valence electrons. The summed E-state index contributed by atoms with van der Waals surface area (Å²) < 4.78 is 12.7. The molecule has 0 bridgehead atoms. The first-order chi connectivity index (χ1) is 6.52. The summed E-state index contributed by atoms with van der Waals surface area (Å²) in [5.74, 6) is 0.296. The SMILES string of the molecule is CC(C)C(c1ccc(F)cn1)C(C)N. The van der Waals surface area contributed by atoms with Crippen LogP contribution in [0.1, 0.15) is 32.4 Å². The first kappa shape index (κ1) is 11.1. The third-order valence-electron chi connectivity index (χ3n) is 2.38. The Morgan fingerprint density at radius 1 is 1.29 bits per heavy atom. The molecule has 2 N–H and O–H groups in total. The molecule has 0 amide bonds. The summed E-state index contributed by atoms with van der Waals surface area (Å²) in [6, 6.07) is 3.18. The summed E-state index contributed by atoms with van der Waals surface area (Å²) in [6.45, 7) is 6.15. The van der Waals surface area contributed by atoms with E-state index in [0.717, 1.165) is 5.69 Å². The summed E-state index contributed by atoms with van der Waals surface area (Å²) in [6.07, 6.45) is 1.24. The third-order valence-corrected chi connectivity index (χ3v) is 2.38. The van der Waals surface area contributed by atoms with Gasteiger partial charge in [-0.2, -0.15) is 0 Å². The van der Waals surface area contributed by atoms with Crippen LogP contribution in [0.2, 0.25) is 0 Å². The van der Waals surface area contributed by atoms with Gasteiger partial charge >= 0.3 is 0 Å². The van der Waals surface area contributed by atoms with Crippen molar-refractivity contribution in [3.05, 3.63) is 29.8 Å². The smallest absolute Gasteiger partial charge is 0.141 e. The fourth-order valence-electron chi connectivity index (χ4n) is 1.80. The fraction of sp³-hybridized carbons (Fsp3) is 0.545. The van der Waals surface area contributed by atoms with Gasteiger partial charge in [0.15, 0.2) is 0 Å². The molecule has 1 aromatic heterocycles. The van der Waals surface area contributed by atoms with Gasteiger partial charge in [0, 0.05) is 17.7 Å². The number of nitrogens with two attached hydrogens (primary N) is 1. The van der Waals surface area contributed by atoms with Crippen molar-refractivity contribution in [1.82, 2.24) is 4.98 Å². The van der Waals surface area contributed by atoms with Crippen LogP contribution in [0.3, 0.4) is 0 Å². The van der Waals surface area contributed by atoms with Gasteiger partial charge in [-0.1, -0.05) is 13.8 Å². The van der Waals surface area contributed by atoms with Crippen LogP contribution in [0, 0.1) is 11.7 Å². The Bertz CT molecular complexity index is 272. The van der Waals surface area contributed by atoms with Crippen molar-refractivity contribution in [1.29, 1.82) is 0 Å². The van der Waals surface area contributed by atoms with E-state index < -0.39 is 0 Å². The third kappa shape index (κ3) is 2.51. The molecular weight excluding hydrogens is 179 g/mol. The van der Waals surface area contributed by atoms with Crippen LogP contribution in [0.5, 0.6) is 0 Å². The Morgan fingerprint density at radius 3 is 2.29 bits per heavy atom. The van der Waals surface area contributed by atoms with Gasteiger partial charge in [-0.25, -0.2) is 4.39 Å². The molecule has 0 aliphatic carbocycles. The number of pyridine rings is 1. The van der Waals surface area contributed by atoms with E-state index in [9.17, 15) is 4.39 Å². The largest absolute Gasteiger partial charge is 0.327 e. The predicted molar refractivity (Wildman–Crippen MR) is 55.4 cm³/mol. The first-order valence-corrected chi connectivity index (χ1v) is 4.89. The minimum atomic E-state index is -0.305. The van der Waals surface area contributed by atoms with Crippen LogP contribution < -0.4 is 5.73 Å². The molecule has 0 aliphatic heterocycles. The van der Waals surface area contributed by atoms with Gasteiger partial charge in [-0.3, -0.25) is 4.98 Å². The monoisotopic (exact) mass is 196 g/mol. The normalized spacial score (nSPS) is 15.6. The summed E-state index contributed by atoms with van der Waals surface area (Å²) in [5.41, 5.74) is 6.75. The Balaban J connectivity index is 2.94. The molecule has 14 heavy (non-hydrogen) atoms. The zero-order chi connectivity index (χ0) is 10.7. The number of hydrogen-bond donors (Lipinski definition) is 1. The lowest BCUT2D eigenvalue weighted by Gasteiger charge is -2.23. The molecule has 1 rings (SSSR count). The molecule has 2 atom stereocenters. The maximum absolute atomic E-state index is 12.7. The van der Waals surface area contributed by atoms with E-state index in [-0.39, 0.29) is 17.8 Å². The second kappa shape index (κ2) is 4.51. The van der Waals surface area contributed by atoms with E-state index in [1.165, 1.54) is 12.3 Å². The summed E-state index contributed by atoms with van der Waals surface area (Å²) in [4.78, 5) is 4.07. The number of hydrogen-bond acceptors (Lipinski definition) is 2. The molecule has 0 aliphatic rings. The van der Waals surface area contributed by atoms with Crippen LogP contribution in [0.25, 0.3) is 0 Å². The van der Waals surface area contributed by atoms with E-state index in [4.69, 9.17) is 5.73 Å². The number of rotatable bonds is 3. The lowest BCUT2D eigenvalue weighted by molar-refractivity contribution is 0.425. The Morgan fingerprint density at radius 2 is 1.93 bits per heavy atom. The molecule has 2 unspecified atom stereocenters. The molecule has 3 heteroatoms. The average molecular weight is 196 g/mol. The van der Waals surface area contributed by atoms with Crippen LogP contribution in [-0.2, 0) is 0 Å². The Labute approximate surface area is 84.3 Å². The van der Waals surface area contributed by atoms with Crippen LogP contribution in [0.4, 0.5) is 4.39 Å². The van der Waals surface area contributed by atoms with Crippen molar-refractivity contribution in [2.75, 3.05) is 0 Å². The van der Waals surface area contributed by atoms with E-state index in [2.05, 4.69) is 18.8 Å². The summed E-state index contributed by atoms with van der Waals surface area (Å²) in [7, 11) is 0. The van der Waals surface area contributed by atoms with Gasteiger partial charge in [0.05, 0.1) is 6.20 Å². The van der Waals surface area contributed by atoms with Gasteiger partial charge in [0.25, 0.3) is 0 Å². The topological polar surface area (TPSA) is 38.9 Å². The second-order valence-electron chi connectivity index (χ2n) is 4.03. The van der Waals surface area contributed by atoms with Gasteiger partial charge in [0.1, 0.15) is 5.82 Å². The fourth-order valence-corrected chi connectivity index (χ4v) is 1.80. The van der Waals surface area contributed by atoms with Crippen molar-refractivity contribution >= 4 is 0 Å². The predicted octanol–water partition coefficient (Wildman–Crippen LogP) is 2.31. The molecule has 2 nitrogen and oxygen atoms in total. The highest BCUT2D eigenvalue weighted by Crippen LogP contribution is 2.25. The molecule has 1 aromatic rings. The molecule has 0 spiro atoms. The minimum absolute atomic E-state index is 0.0351. The zero-order valence-electron chi connectivity index (χ0n) is 8.87. The van der Waals surface area contributed by atoms with E-state index >= 15 is 0 Å². The van der Waals surface area contributed by atoms with Crippen molar-refractivity contribution < 1.29 is 4.39 Å². The first-order valence-electron chi connectivity index (χ1n) is 4.89. The van der Waals surface area contributed by atoms with Crippen molar-refractivity contribution in [2.45, 2.75) is 32.7 Å².